The van der Waals surface area contributed by atoms with E-state index in [0.717, 1.165) is 0 Å². The Kier molecular flexibility index (Phi) is 45.2. The molecule has 0 radical (unpaired) electrons. The van der Waals surface area contributed by atoms with Gasteiger partial charge in [0.1, 0.15) is 78.8 Å². The van der Waals surface area contributed by atoms with Gasteiger partial charge in [-0.05, 0) is 18.4 Å². The number of aliphatic hydroxyl groups excluding tert-OH is 12. The van der Waals surface area contributed by atoms with Gasteiger partial charge in [0, 0.05) is 56.8 Å². The van der Waals surface area contributed by atoms with Crippen LogP contribution in [0, 0.1) is 0 Å². The second kappa shape index (κ2) is 50.5. The maximum absolute atomic E-state index is 13.5. The average Bonchev–Trinajstić information content (AvgIpc) is 1.09. The zero-order chi connectivity index (χ0) is 68.1. The topological polar surface area (TPSA) is 546 Å². The summed E-state index contributed by atoms with van der Waals surface area (Å²) < 4.78 is 82.7. The van der Waals surface area contributed by atoms with Crippen LogP contribution in [0.15, 0.2) is 5.11 Å². The van der Waals surface area contributed by atoms with Gasteiger partial charge in [-0.15, -0.1) is 0 Å². The van der Waals surface area contributed by atoms with E-state index < -0.39 is 123 Å². The summed E-state index contributed by atoms with van der Waals surface area (Å²) in [7, 11) is 0. The molecular formula is C55H101N7O31. The summed E-state index contributed by atoms with van der Waals surface area (Å²) in [5.74, 6) is -1.55. The lowest BCUT2D eigenvalue weighted by molar-refractivity contribution is -0.302. The molecule has 0 aromatic carbocycles. The first-order chi connectivity index (χ1) is 44.9. The zero-order valence-electron chi connectivity index (χ0n) is 52.4. The van der Waals surface area contributed by atoms with Crippen molar-refractivity contribution in [2.75, 3.05) is 185 Å². The molecule has 3 heterocycles. The van der Waals surface area contributed by atoms with Crippen molar-refractivity contribution >= 4 is 23.6 Å². The van der Waals surface area contributed by atoms with Crippen LogP contribution in [0.3, 0.4) is 0 Å². The molecular weight excluding hydrogens is 1250 g/mol. The van der Waals surface area contributed by atoms with Crippen LogP contribution in [0.2, 0.25) is 0 Å². The Morgan fingerprint density at radius 3 is 1.00 bits per heavy atom. The van der Waals surface area contributed by atoms with Gasteiger partial charge in [-0.2, -0.15) is 0 Å². The van der Waals surface area contributed by atoms with Crippen LogP contribution in [0.5, 0.6) is 0 Å². The fourth-order valence-electron chi connectivity index (χ4n) is 8.88. The van der Waals surface area contributed by atoms with Crippen LogP contribution in [-0.2, 0) is 90.2 Å². The number of nitrogens with one attached hydrogen (secondary N) is 4. The Morgan fingerprint density at radius 2 is 0.688 bits per heavy atom. The molecule has 16 N–H and O–H groups in total. The van der Waals surface area contributed by atoms with E-state index in [4.69, 9.17) is 76.6 Å². The molecule has 93 heavy (non-hydrogen) atoms. The highest BCUT2D eigenvalue weighted by Gasteiger charge is 2.46. The number of unbranched alkanes of at least 4 members (excludes halogenated alkanes) is 2. The summed E-state index contributed by atoms with van der Waals surface area (Å²) >= 11 is 0. The van der Waals surface area contributed by atoms with Crippen LogP contribution in [0.25, 0.3) is 10.4 Å². The second-order valence-electron chi connectivity index (χ2n) is 21.4. The van der Waals surface area contributed by atoms with Crippen LogP contribution in [0.4, 0.5) is 0 Å². The molecule has 4 amide bonds. The minimum atomic E-state index is -1.57. The molecule has 3 fully saturated rings. The molecule has 0 aromatic heterocycles. The Bertz CT molecular complexity index is 1840. The number of carbonyl (C=O) groups excluding carboxylic acids is 4. The third-order valence-corrected chi connectivity index (χ3v) is 14.1. The smallest absolute Gasteiger partial charge is 0.222 e. The summed E-state index contributed by atoms with van der Waals surface area (Å²) in [5, 5.41) is 132. The van der Waals surface area contributed by atoms with Crippen molar-refractivity contribution < 1.29 is 152 Å². The van der Waals surface area contributed by atoms with Gasteiger partial charge in [0.15, 0.2) is 18.9 Å². The van der Waals surface area contributed by atoms with Crippen LogP contribution >= 0.6 is 0 Å². The molecule has 38 heteroatoms. The molecule has 0 bridgehead atoms. The fourth-order valence-corrected chi connectivity index (χ4v) is 8.88. The summed E-state index contributed by atoms with van der Waals surface area (Å²) in [6.07, 6.45) is -19.7. The minimum absolute atomic E-state index is 0.0429. The molecule has 3 aliphatic heterocycles. The lowest BCUT2D eigenvalue weighted by Gasteiger charge is -2.39. The van der Waals surface area contributed by atoms with Crippen molar-refractivity contribution in [3.63, 3.8) is 0 Å². The average molecular weight is 1360 g/mol. The second-order valence-corrected chi connectivity index (χ2v) is 21.4. The fraction of sp³-hybridized carbons (Fsp3) is 0.927. The van der Waals surface area contributed by atoms with Gasteiger partial charge in [0.25, 0.3) is 0 Å². The number of nitrogens with zero attached hydrogens (tertiary/aromatic N) is 3. The van der Waals surface area contributed by atoms with E-state index in [1.807, 2.05) is 0 Å². The van der Waals surface area contributed by atoms with Crippen molar-refractivity contribution in [1.82, 2.24) is 21.3 Å². The van der Waals surface area contributed by atoms with Gasteiger partial charge in [0.05, 0.1) is 159 Å². The van der Waals surface area contributed by atoms with E-state index in [2.05, 4.69) is 31.3 Å². The summed E-state index contributed by atoms with van der Waals surface area (Å²) in [4.78, 5) is 54.7. The molecule has 0 aliphatic carbocycles. The van der Waals surface area contributed by atoms with Gasteiger partial charge >= 0.3 is 0 Å². The number of aliphatic hydroxyl groups is 12. The molecule has 3 rings (SSSR count). The normalized spacial score (nSPS) is 27.0. The number of rotatable bonds is 55. The van der Waals surface area contributed by atoms with Gasteiger partial charge in [-0.25, -0.2) is 0 Å². The Morgan fingerprint density at radius 1 is 0.376 bits per heavy atom. The highest BCUT2D eigenvalue weighted by molar-refractivity contribution is 5.77. The van der Waals surface area contributed by atoms with E-state index in [1.54, 1.807) is 0 Å². The Labute approximate surface area is 538 Å². The van der Waals surface area contributed by atoms with Crippen molar-refractivity contribution in [3.05, 3.63) is 10.4 Å². The standard InChI is InChI=1S/C55H101N7O31/c56-62-60-8-3-1-2-4-42(69)61-55(33-85-12-5-39(66)57-9-15-79-18-21-82-24-27-88-52-49(76)46(73)43(70)36(30-63)91-52,34-86-13-6-40(67)58-10-16-80-19-22-83-25-28-89-53-50(77)47(74)44(71)37(31-64)92-53)35-87-14-7-41(68)59-11-17-81-20-23-84-26-29-90-54-51(78)48(75)45(72)38(32-65)93-54/h36-38,43-54,63-65,70-78H,1-35H2,(H,57,66)(H,58,67)(H,59,68)(H,61,69)/t36?,37?,38?,43-,44-,45-,46?,47?,48?,49?,50?,51?,52+,53+,54+,55?/m1/s1. The lowest BCUT2D eigenvalue weighted by atomic mass is 9.99. The largest absolute Gasteiger partial charge is 0.394 e. The first-order valence-corrected chi connectivity index (χ1v) is 31.0. The third-order valence-electron chi connectivity index (χ3n) is 14.1. The molecule has 542 valence electrons. The maximum atomic E-state index is 13.5. The van der Waals surface area contributed by atoms with Crippen LogP contribution in [0.1, 0.15) is 44.9 Å². The third kappa shape index (κ3) is 34.3. The van der Waals surface area contributed by atoms with Crippen molar-refractivity contribution in [1.29, 1.82) is 0 Å². The number of amides is 4. The summed E-state index contributed by atoms with van der Waals surface area (Å²) in [6.45, 7) is -0.767. The van der Waals surface area contributed by atoms with Gasteiger partial charge in [-0.3, -0.25) is 19.2 Å². The predicted molar refractivity (Wildman–Crippen MR) is 313 cm³/mol. The number of carbonyl (C=O) groups is 4. The van der Waals surface area contributed by atoms with E-state index >= 15 is 0 Å². The Balaban J connectivity index is 1.45. The predicted octanol–water partition coefficient (Wildman–Crippen LogP) is -8.17. The van der Waals surface area contributed by atoms with Gasteiger partial charge in [0.2, 0.25) is 23.6 Å². The van der Waals surface area contributed by atoms with E-state index in [1.165, 1.54) is 0 Å². The number of ether oxygens (including phenoxy) is 15. The molecule has 0 aromatic rings. The molecule has 15 atom stereocenters. The molecule has 0 spiro atoms. The molecule has 0 saturated carbocycles. The molecule has 3 aliphatic rings. The first kappa shape index (κ1) is 83.3. The minimum Gasteiger partial charge on any atom is -0.394 e. The van der Waals surface area contributed by atoms with Crippen LogP contribution < -0.4 is 21.3 Å². The van der Waals surface area contributed by atoms with E-state index in [0.29, 0.717) is 19.3 Å². The van der Waals surface area contributed by atoms with Crippen LogP contribution in [-0.4, -0.2) is 367 Å². The van der Waals surface area contributed by atoms with Gasteiger partial charge in [-0.1, -0.05) is 11.5 Å². The highest BCUT2D eigenvalue weighted by Crippen LogP contribution is 2.24. The quantitative estimate of drug-likeness (QED) is 0.0116. The monoisotopic (exact) mass is 1360 g/mol. The number of hydrogen-bond acceptors (Lipinski definition) is 32. The lowest BCUT2D eigenvalue weighted by Crippen LogP contribution is -2.59. The number of azide groups is 1. The summed E-state index contributed by atoms with van der Waals surface area (Å²) in [5.41, 5.74) is 7.23. The SMILES string of the molecule is [N-]=[N+]=NCCCCCC(=O)NC(COCCC(=O)NCCOCCOCCO[C@H]1OC(CO)[C@@H](O)C(O)C1O)(COCCC(=O)NCCOCCOCCO[C@H]1OC(CO)[C@@H](O)C(O)C1O)COCCC(=O)NCCOCCOCCO[C@H]1OC(CO)[C@@H](O)C(O)C1O. The highest BCUT2D eigenvalue weighted by atomic mass is 16.7. The Hall–Kier alpha value is -3.89. The van der Waals surface area contributed by atoms with Crippen molar-refractivity contribution in [3.8, 4) is 0 Å². The van der Waals surface area contributed by atoms with E-state index in [9.17, 15) is 80.5 Å². The number of hydrogen-bond donors (Lipinski definition) is 16. The molecule has 38 nitrogen and oxygen atoms in total. The first-order valence-electron chi connectivity index (χ1n) is 31.0. The maximum Gasteiger partial charge on any atom is 0.222 e. The van der Waals surface area contributed by atoms with Crippen molar-refractivity contribution in [2.45, 2.75) is 143 Å². The molecule has 3 saturated heterocycles. The zero-order valence-corrected chi connectivity index (χ0v) is 52.4. The molecule has 9 unspecified atom stereocenters. The van der Waals surface area contributed by atoms with Crippen molar-refractivity contribution in [2.24, 2.45) is 5.11 Å². The van der Waals surface area contributed by atoms with Gasteiger partial charge < -0.3 is 154 Å². The van der Waals surface area contributed by atoms with E-state index in [-0.39, 0.29) is 208 Å². The summed E-state index contributed by atoms with van der Waals surface area (Å²) in [6, 6.07) is 0.